The summed E-state index contributed by atoms with van der Waals surface area (Å²) in [6.45, 7) is 6.22. The number of hydrogen-bond donors (Lipinski definition) is 1. The number of nitrogens with zero attached hydrogens (tertiary/aromatic N) is 3. The fourth-order valence-corrected chi connectivity index (χ4v) is 4.74. The molecule has 0 unspecified atom stereocenters. The minimum Gasteiger partial charge on any atom is -0.370 e. The molecule has 5 rings (SSSR count). The van der Waals surface area contributed by atoms with Gasteiger partial charge in [-0.15, -0.1) is 0 Å². The highest BCUT2D eigenvalue weighted by atomic mass is 16.1. The van der Waals surface area contributed by atoms with Gasteiger partial charge in [0.15, 0.2) is 0 Å². The van der Waals surface area contributed by atoms with Crippen molar-refractivity contribution in [3.8, 4) is 0 Å². The van der Waals surface area contributed by atoms with E-state index in [9.17, 15) is 4.79 Å². The van der Waals surface area contributed by atoms with E-state index < -0.39 is 0 Å². The van der Waals surface area contributed by atoms with Crippen molar-refractivity contribution in [2.45, 2.75) is 31.7 Å². The molecule has 1 saturated carbocycles. The van der Waals surface area contributed by atoms with Crippen LogP contribution in [0, 0.1) is 6.92 Å². The highest BCUT2D eigenvalue weighted by molar-refractivity contribution is 5.98. The Morgan fingerprint density at radius 1 is 1.03 bits per heavy atom. The number of pyridine rings is 1. The molecule has 1 aliphatic carbocycles. The maximum Gasteiger partial charge on any atom is 0.252 e. The second-order valence-electron chi connectivity index (χ2n) is 9.05. The van der Waals surface area contributed by atoms with Crippen molar-refractivity contribution >= 4 is 22.5 Å². The molecule has 3 aromatic rings. The lowest BCUT2D eigenvalue weighted by atomic mass is 9.99. The molecule has 31 heavy (non-hydrogen) atoms. The Labute approximate surface area is 184 Å². The van der Waals surface area contributed by atoms with Crippen molar-refractivity contribution < 1.29 is 4.79 Å². The largest absolute Gasteiger partial charge is 0.370 e. The van der Waals surface area contributed by atoms with E-state index >= 15 is 0 Å². The van der Waals surface area contributed by atoms with Crippen molar-refractivity contribution in [3.63, 3.8) is 0 Å². The third kappa shape index (κ3) is 3.90. The number of aromatic nitrogens is 1. The Bertz CT molecular complexity index is 1120. The number of benzene rings is 2. The number of carbonyl (C=O) groups is 1. The first kappa shape index (κ1) is 20.0. The molecule has 1 aliphatic heterocycles. The number of fused-ring (bicyclic) bond motifs is 1. The van der Waals surface area contributed by atoms with E-state index in [-0.39, 0.29) is 11.4 Å². The van der Waals surface area contributed by atoms with Gasteiger partial charge in [0.1, 0.15) is 0 Å². The third-order valence-corrected chi connectivity index (χ3v) is 6.82. The zero-order chi connectivity index (χ0) is 21.4. The van der Waals surface area contributed by atoms with E-state index in [0.717, 1.165) is 73.2 Å². The maximum atomic E-state index is 13.4. The van der Waals surface area contributed by atoms with Crippen molar-refractivity contribution in [2.24, 2.45) is 0 Å². The summed E-state index contributed by atoms with van der Waals surface area (Å²) in [7, 11) is 2.18. The number of nitrogens with one attached hydrogen (secondary N) is 1. The molecule has 160 valence electrons. The van der Waals surface area contributed by atoms with Gasteiger partial charge in [-0.1, -0.05) is 24.3 Å². The van der Waals surface area contributed by atoms with E-state index in [2.05, 4.69) is 57.5 Å². The molecule has 1 saturated heterocycles. The Balaban J connectivity index is 1.41. The number of carbonyl (C=O) groups excluding carboxylic acids is 1. The molecular weight excluding hydrogens is 384 g/mol. The van der Waals surface area contributed by atoms with Gasteiger partial charge >= 0.3 is 0 Å². The van der Waals surface area contributed by atoms with Crippen LogP contribution in [0.2, 0.25) is 0 Å². The number of hydrogen-bond acceptors (Lipinski definition) is 4. The molecule has 2 aromatic carbocycles. The SMILES string of the molecule is Cc1ccc(N2CCCN(C)CC2)cc1C(=O)NC1(c2ccnc3ccccc23)CC1. The molecule has 1 aromatic heterocycles. The first-order chi connectivity index (χ1) is 15.1. The predicted molar refractivity (Wildman–Crippen MR) is 126 cm³/mol. The molecule has 5 heteroatoms. The molecular formula is C26H30N4O. The van der Waals surface area contributed by atoms with Gasteiger partial charge in [-0.3, -0.25) is 9.78 Å². The lowest BCUT2D eigenvalue weighted by Crippen LogP contribution is -2.35. The molecule has 2 heterocycles. The standard InChI is InChI=1S/C26H30N4O/c1-19-8-9-20(30-15-5-14-29(2)16-17-30)18-22(19)25(31)28-26(11-12-26)23-10-13-27-24-7-4-3-6-21(23)24/h3-4,6-10,13,18H,5,11-12,14-17H2,1-2H3,(H,28,31). The first-order valence-electron chi connectivity index (χ1n) is 11.3. The second-order valence-corrected chi connectivity index (χ2v) is 9.05. The topological polar surface area (TPSA) is 48.5 Å². The Kier molecular flexibility index (Phi) is 5.14. The number of rotatable bonds is 4. The predicted octanol–water partition coefficient (Wildman–Crippen LogP) is 4.10. The van der Waals surface area contributed by atoms with Gasteiger partial charge < -0.3 is 15.1 Å². The summed E-state index contributed by atoms with van der Waals surface area (Å²) >= 11 is 0. The van der Waals surface area contributed by atoms with Crippen LogP contribution >= 0.6 is 0 Å². The summed E-state index contributed by atoms with van der Waals surface area (Å²) in [6, 6.07) is 16.6. The maximum absolute atomic E-state index is 13.4. The summed E-state index contributed by atoms with van der Waals surface area (Å²) in [5.41, 5.74) is 4.81. The molecule has 0 spiro atoms. The number of para-hydroxylation sites is 1. The molecule has 0 atom stereocenters. The summed E-state index contributed by atoms with van der Waals surface area (Å²) < 4.78 is 0. The minimum atomic E-state index is -0.284. The van der Waals surface area contributed by atoms with E-state index in [1.807, 2.05) is 31.3 Å². The van der Waals surface area contributed by atoms with Crippen LogP contribution in [-0.4, -0.2) is 49.0 Å². The quantitative estimate of drug-likeness (QED) is 0.698. The lowest BCUT2D eigenvalue weighted by molar-refractivity contribution is 0.0930. The fourth-order valence-electron chi connectivity index (χ4n) is 4.74. The van der Waals surface area contributed by atoms with Gasteiger partial charge in [0, 0.05) is 42.5 Å². The first-order valence-corrected chi connectivity index (χ1v) is 11.3. The average Bonchev–Trinajstić information content (AvgIpc) is 3.59. The summed E-state index contributed by atoms with van der Waals surface area (Å²) in [4.78, 5) is 22.7. The van der Waals surface area contributed by atoms with Crippen LogP contribution in [-0.2, 0) is 5.54 Å². The molecule has 5 nitrogen and oxygen atoms in total. The molecule has 2 fully saturated rings. The van der Waals surface area contributed by atoms with Gasteiger partial charge in [-0.25, -0.2) is 0 Å². The van der Waals surface area contributed by atoms with Crippen LogP contribution in [0.1, 0.15) is 40.7 Å². The smallest absolute Gasteiger partial charge is 0.252 e. The Hall–Kier alpha value is -2.92. The van der Waals surface area contributed by atoms with Gasteiger partial charge in [0.05, 0.1) is 11.1 Å². The molecule has 0 radical (unpaired) electrons. The van der Waals surface area contributed by atoms with Crippen molar-refractivity contribution in [1.82, 2.24) is 15.2 Å². The van der Waals surface area contributed by atoms with Crippen molar-refractivity contribution in [3.05, 3.63) is 71.4 Å². The highest BCUT2D eigenvalue weighted by Crippen LogP contribution is 2.47. The van der Waals surface area contributed by atoms with Crippen LogP contribution in [0.25, 0.3) is 10.9 Å². The van der Waals surface area contributed by atoms with Gasteiger partial charge in [-0.2, -0.15) is 0 Å². The zero-order valence-electron chi connectivity index (χ0n) is 18.4. The lowest BCUT2D eigenvalue weighted by Gasteiger charge is -2.25. The number of amides is 1. The Morgan fingerprint density at radius 3 is 2.71 bits per heavy atom. The van der Waals surface area contributed by atoms with Gasteiger partial charge in [0.25, 0.3) is 5.91 Å². The van der Waals surface area contributed by atoms with Crippen molar-refractivity contribution in [2.75, 3.05) is 38.1 Å². The second kappa shape index (κ2) is 7.97. The van der Waals surface area contributed by atoms with Gasteiger partial charge in [0.2, 0.25) is 0 Å². The third-order valence-electron chi connectivity index (χ3n) is 6.82. The summed E-state index contributed by atoms with van der Waals surface area (Å²) in [5.74, 6) is 0.0182. The fraction of sp³-hybridized carbons (Fsp3) is 0.385. The van der Waals surface area contributed by atoms with Gasteiger partial charge in [-0.05, 0) is 75.2 Å². The normalized spacial score (nSPS) is 18.6. The van der Waals surface area contributed by atoms with Crippen LogP contribution in [0.15, 0.2) is 54.7 Å². The van der Waals surface area contributed by atoms with Crippen LogP contribution < -0.4 is 10.2 Å². The van der Waals surface area contributed by atoms with Crippen LogP contribution in [0.5, 0.6) is 0 Å². The molecule has 1 N–H and O–H groups in total. The monoisotopic (exact) mass is 414 g/mol. The van der Waals surface area contributed by atoms with E-state index in [1.165, 1.54) is 5.56 Å². The van der Waals surface area contributed by atoms with E-state index in [4.69, 9.17) is 0 Å². The summed E-state index contributed by atoms with van der Waals surface area (Å²) in [6.07, 6.45) is 4.92. The number of aryl methyl sites for hydroxylation is 1. The molecule has 1 amide bonds. The number of likely N-dealkylation sites (N-methyl/N-ethyl adjacent to an activating group) is 1. The highest BCUT2D eigenvalue weighted by Gasteiger charge is 2.46. The molecule has 0 bridgehead atoms. The average molecular weight is 415 g/mol. The molecule has 2 aliphatic rings. The Morgan fingerprint density at radius 2 is 1.87 bits per heavy atom. The van der Waals surface area contributed by atoms with E-state index in [0.29, 0.717) is 0 Å². The summed E-state index contributed by atoms with van der Waals surface area (Å²) in [5, 5.41) is 4.52. The van der Waals surface area contributed by atoms with Crippen LogP contribution in [0.3, 0.4) is 0 Å². The van der Waals surface area contributed by atoms with E-state index in [1.54, 1.807) is 0 Å². The zero-order valence-corrected chi connectivity index (χ0v) is 18.4. The van der Waals surface area contributed by atoms with Crippen molar-refractivity contribution in [1.29, 1.82) is 0 Å². The number of anilines is 1. The minimum absolute atomic E-state index is 0.0182. The van der Waals surface area contributed by atoms with Crippen LogP contribution in [0.4, 0.5) is 5.69 Å².